The van der Waals surface area contributed by atoms with Crippen LogP contribution in [0.2, 0.25) is 0 Å². The normalized spacial score (nSPS) is 13.3. The van der Waals surface area contributed by atoms with Gasteiger partial charge in [0.15, 0.2) is 0 Å². The van der Waals surface area contributed by atoms with Crippen LogP contribution >= 0.6 is 0 Å². The largest absolute Gasteiger partial charge is 0.466 e. The zero-order chi connectivity index (χ0) is 35.0. The fourth-order valence-electron chi connectivity index (χ4n) is 4.79. The topological polar surface area (TPSA) is 152 Å². The summed E-state index contributed by atoms with van der Waals surface area (Å²) < 4.78 is 10.3. The highest BCUT2D eigenvalue weighted by atomic mass is 16.6. The number of hydrogen-bond acceptors (Lipinski definition) is 7. The van der Waals surface area contributed by atoms with Gasteiger partial charge in [-0.25, -0.2) is 4.79 Å². The quantitative estimate of drug-likeness (QED) is 0.185. The van der Waals surface area contributed by atoms with E-state index in [1.165, 1.54) is 0 Å². The minimum Gasteiger partial charge on any atom is -0.466 e. The molecule has 0 fully saturated rings. The second-order valence-electron chi connectivity index (χ2n) is 13.2. The Morgan fingerprint density at radius 2 is 1.23 bits per heavy atom. The van der Waals surface area contributed by atoms with Crippen molar-refractivity contribution in [3.8, 4) is 0 Å². The Kier molecular flexibility index (Phi) is 15.4. The molecule has 2 aromatic carbocycles. The highest BCUT2D eigenvalue weighted by Crippen LogP contribution is 2.13. The van der Waals surface area contributed by atoms with Crippen LogP contribution in [0.15, 0.2) is 60.7 Å². The van der Waals surface area contributed by atoms with Gasteiger partial charge in [0.1, 0.15) is 17.2 Å². The van der Waals surface area contributed by atoms with Crippen molar-refractivity contribution in [1.82, 2.24) is 21.3 Å². The van der Waals surface area contributed by atoms with E-state index in [2.05, 4.69) is 21.3 Å². The molecule has 2 aromatic rings. The average molecular weight is 653 g/mol. The summed E-state index contributed by atoms with van der Waals surface area (Å²) in [4.78, 5) is 63.8. The minimum atomic E-state index is -1.25. The van der Waals surface area contributed by atoms with Crippen LogP contribution in [0.25, 0.3) is 0 Å². The summed E-state index contributed by atoms with van der Waals surface area (Å²) >= 11 is 0. The molecule has 0 aliphatic rings. The number of hydrogen-bond donors (Lipinski definition) is 4. The fourth-order valence-corrected chi connectivity index (χ4v) is 4.79. The summed E-state index contributed by atoms with van der Waals surface area (Å²) in [6.07, 6.45) is 1.14. The molecule has 3 atom stereocenters. The lowest BCUT2D eigenvalue weighted by molar-refractivity contribution is -0.143. The Balaban J connectivity index is 2.03. The van der Waals surface area contributed by atoms with Gasteiger partial charge in [-0.2, -0.15) is 0 Å². The molecule has 0 saturated heterocycles. The molecule has 0 unspecified atom stereocenters. The fraction of sp³-hybridized carbons (Fsp3) is 0.528. The number of amides is 4. The number of esters is 1. The highest BCUT2D eigenvalue weighted by molar-refractivity contribution is 5.91. The lowest BCUT2D eigenvalue weighted by atomic mass is 9.98. The van der Waals surface area contributed by atoms with Crippen molar-refractivity contribution in [3.63, 3.8) is 0 Å². The molecule has 4 N–H and O–H groups in total. The Morgan fingerprint density at radius 1 is 0.723 bits per heavy atom. The molecule has 258 valence electrons. The first-order chi connectivity index (χ1) is 22.1. The highest BCUT2D eigenvalue weighted by Gasteiger charge is 2.32. The number of alkyl carbamates (subject to hydrolysis) is 1. The Morgan fingerprint density at radius 3 is 1.74 bits per heavy atom. The second-order valence-corrected chi connectivity index (χ2v) is 13.2. The van der Waals surface area contributed by atoms with Crippen molar-refractivity contribution in [2.75, 3.05) is 6.61 Å². The van der Waals surface area contributed by atoms with Crippen LogP contribution in [0.3, 0.4) is 0 Å². The number of rotatable bonds is 17. The van der Waals surface area contributed by atoms with Gasteiger partial charge in [0.2, 0.25) is 17.7 Å². The van der Waals surface area contributed by atoms with Gasteiger partial charge in [-0.1, -0.05) is 60.7 Å². The number of nitrogens with one attached hydrogen (secondary N) is 4. The van der Waals surface area contributed by atoms with E-state index in [1.54, 1.807) is 48.5 Å². The van der Waals surface area contributed by atoms with Crippen LogP contribution in [-0.4, -0.2) is 65.7 Å². The number of carbonyl (C=O) groups excluding carboxylic acids is 5. The van der Waals surface area contributed by atoms with Crippen LogP contribution in [0.5, 0.6) is 0 Å². The van der Waals surface area contributed by atoms with Gasteiger partial charge in [0.05, 0.1) is 6.61 Å². The van der Waals surface area contributed by atoms with Gasteiger partial charge in [0.25, 0.3) is 0 Å². The average Bonchev–Trinajstić information content (AvgIpc) is 2.98. The van der Waals surface area contributed by atoms with Crippen molar-refractivity contribution in [1.29, 1.82) is 0 Å². The van der Waals surface area contributed by atoms with Crippen LogP contribution in [0, 0.1) is 0 Å². The predicted molar refractivity (Wildman–Crippen MR) is 180 cm³/mol. The van der Waals surface area contributed by atoms with Crippen molar-refractivity contribution >= 4 is 29.8 Å². The molecule has 4 amide bonds. The summed E-state index contributed by atoms with van der Waals surface area (Å²) in [6.45, 7) is 12.0. The standard InChI is InChI=1S/C36H52N4O7/c1-8-46-31(42)22-20-29(24-27-17-13-10-14-18-27)39-33(44)36(6,7)40-30(41)21-19-28(23-26-15-11-9-12-16-26)38-32(43)25(2)37-34(45)47-35(3,4)5/h9-18,25,28-29H,8,19-24H2,1-7H3,(H,37,45)(H,38,43)(H,39,44)(H,40,41)/t25-,28+,29+/m0/s1. The molecular formula is C36H52N4O7. The van der Waals surface area contributed by atoms with Crippen molar-refractivity contribution < 1.29 is 33.4 Å². The molecule has 0 spiro atoms. The molecule has 11 heteroatoms. The van der Waals surface area contributed by atoms with Gasteiger partial charge in [-0.15, -0.1) is 0 Å². The van der Waals surface area contributed by atoms with Gasteiger partial charge in [0, 0.05) is 24.9 Å². The van der Waals surface area contributed by atoms with E-state index < -0.39 is 35.2 Å². The number of benzene rings is 2. The third-order valence-electron chi connectivity index (χ3n) is 7.20. The zero-order valence-corrected chi connectivity index (χ0v) is 28.8. The first kappa shape index (κ1) is 38.8. The van der Waals surface area contributed by atoms with Crippen molar-refractivity contribution in [2.45, 2.75) is 116 Å². The molecule has 0 aromatic heterocycles. The summed E-state index contributed by atoms with van der Waals surface area (Å²) in [6, 6.07) is 17.5. The van der Waals surface area contributed by atoms with Gasteiger partial charge in [-0.3, -0.25) is 19.2 Å². The van der Waals surface area contributed by atoms with Crippen molar-refractivity contribution in [2.24, 2.45) is 0 Å². The van der Waals surface area contributed by atoms with Crippen LogP contribution in [0.1, 0.15) is 85.3 Å². The molecular weight excluding hydrogens is 600 g/mol. The van der Waals surface area contributed by atoms with E-state index in [4.69, 9.17) is 9.47 Å². The molecule has 0 heterocycles. The first-order valence-electron chi connectivity index (χ1n) is 16.2. The molecule has 11 nitrogen and oxygen atoms in total. The number of carbonyl (C=O) groups is 5. The number of ether oxygens (including phenoxy) is 2. The lowest BCUT2D eigenvalue weighted by Crippen LogP contribution is -2.57. The smallest absolute Gasteiger partial charge is 0.408 e. The van der Waals surface area contributed by atoms with E-state index in [9.17, 15) is 24.0 Å². The summed E-state index contributed by atoms with van der Waals surface area (Å²) in [5, 5.41) is 11.3. The maximum atomic E-state index is 13.4. The molecule has 0 saturated carbocycles. The van der Waals surface area contributed by atoms with Gasteiger partial charge < -0.3 is 30.7 Å². The first-order valence-corrected chi connectivity index (χ1v) is 16.2. The summed E-state index contributed by atoms with van der Waals surface area (Å²) in [7, 11) is 0. The molecule has 0 bridgehead atoms. The van der Waals surface area contributed by atoms with Gasteiger partial charge >= 0.3 is 12.1 Å². The third kappa shape index (κ3) is 15.6. The predicted octanol–water partition coefficient (Wildman–Crippen LogP) is 4.37. The summed E-state index contributed by atoms with van der Waals surface area (Å²) in [5.74, 6) is -1.49. The van der Waals surface area contributed by atoms with E-state index in [-0.39, 0.29) is 43.3 Å². The van der Waals surface area contributed by atoms with E-state index in [1.807, 2.05) is 60.7 Å². The molecule has 0 aliphatic heterocycles. The Labute approximate surface area is 278 Å². The zero-order valence-electron chi connectivity index (χ0n) is 28.8. The summed E-state index contributed by atoms with van der Waals surface area (Å²) in [5.41, 5.74) is 0.0168. The Hall–Kier alpha value is -4.41. The molecule has 47 heavy (non-hydrogen) atoms. The maximum Gasteiger partial charge on any atom is 0.408 e. The SMILES string of the molecule is CCOC(=O)CC[C@H](Cc1ccccc1)NC(=O)C(C)(C)NC(=O)CC[C@H](Cc1ccccc1)NC(=O)[C@H](C)NC(=O)OC(C)(C)C. The Bertz CT molecular complexity index is 1310. The van der Waals surface area contributed by atoms with E-state index in [0.717, 1.165) is 11.1 Å². The van der Waals surface area contributed by atoms with Gasteiger partial charge in [-0.05, 0) is 85.3 Å². The molecule has 0 aliphatic carbocycles. The molecule has 0 radical (unpaired) electrons. The maximum absolute atomic E-state index is 13.4. The second kappa shape index (κ2) is 18.7. The molecule has 2 rings (SSSR count). The van der Waals surface area contributed by atoms with E-state index >= 15 is 0 Å². The van der Waals surface area contributed by atoms with Crippen LogP contribution in [-0.2, 0) is 41.5 Å². The van der Waals surface area contributed by atoms with E-state index in [0.29, 0.717) is 25.7 Å². The minimum absolute atomic E-state index is 0.0403. The monoisotopic (exact) mass is 652 g/mol. The van der Waals surface area contributed by atoms with Crippen LogP contribution in [0.4, 0.5) is 4.79 Å². The third-order valence-corrected chi connectivity index (χ3v) is 7.20. The van der Waals surface area contributed by atoms with Crippen molar-refractivity contribution in [3.05, 3.63) is 71.8 Å². The lowest BCUT2D eigenvalue weighted by Gasteiger charge is -2.29. The van der Waals surface area contributed by atoms with Crippen LogP contribution < -0.4 is 21.3 Å².